The highest BCUT2D eigenvalue weighted by Gasteiger charge is 2.36. The van der Waals surface area contributed by atoms with Gasteiger partial charge in [-0.25, -0.2) is 0 Å². The van der Waals surface area contributed by atoms with Crippen LogP contribution in [-0.4, -0.2) is 34.6 Å². The second kappa shape index (κ2) is 21.9. The van der Waals surface area contributed by atoms with E-state index in [-0.39, 0.29) is 65.9 Å². The van der Waals surface area contributed by atoms with Crippen LogP contribution in [0.15, 0.2) is 125 Å². The molecule has 2 atom stereocenters. The number of ether oxygens (including phenoxy) is 4. The lowest BCUT2D eigenvalue weighted by Gasteiger charge is -2.25. The summed E-state index contributed by atoms with van der Waals surface area (Å²) in [6.45, 7) is 10.9. The zero-order valence-corrected chi connectivity index (χ0v) is 38.4. The first-order chi connectivity index (χ1) is 32.1. The molecule has 0 saturated carbocycles. The number of hydrogen-bond donors (Lipinski definition) is 0. The van der Waals surface area contributed by atoms with Gasteiger partial charge in [0, 0.05) is 42.4 Å². The van der Waals surface area contributed by atoms with Crippen molar-refractivity contribution in [3.8, 4) is 23.0 Å². The number of rotatable bonds is 18. The molecule has 0 aliphatic heterocycles. The lowest BCUT2D eigenvalue weighted by Crippen LogP contribution is -2.19. The van der Waals surface area contributed by atoms with Crippen LogP contribution >= 0.6 is 0 Å². The maximum absolute atomic E-state index is 13.0. The van der Waals surface area contributed by atoms with Crippen molar-refractivity contribution >= 4 is 17.1 Å². The Bertz CT molecular complexity index is 2620. The topological polar surface area (TPSA) is 123 Å². The summed E-state index contributed by atoms with van der Waals surface area (Å²) < 4.78 is 107. The van der Waals surface area contributed by atoms with Gasteiger partial charge >= 0.3 is 12.7 Å². The molecule has 4 aromatic carbocycles. The third-order valence-electron chi connectivity index (χ3n) is 11.3. The maximum atomic E-state index is 13.0. The van der Waals surface area contributed by atoms with Crippen molar-refractivity contribution in [1.82, 2.24) is 10.3 Å². The molecule has 68 heavy (non-hydrogen) atoms. The highest BCUT2D eigenvalue weighted by atomic mass is 19.4. The van der Waals surface area contributed by atoms with Crippen LogP contribution < -0.4 is 18.9 Å². The van der Waals surface area contributed by atoms with Crippen LogP contribution in [0, 0.1) is 5.41 Å². The quantitative estimate of drug-likeness (QED) is 0.0769. The lowest BCUT2D eigenvalue weighted by molar-refractivity contribution is -0.275. The zero-order chi connectivity index (χ0) is 49.2. The van der Waals surface area contributed by atoms with Crippen molar-refractivity contribution in [2.24, 2.45) is 5.41 Å². The predicted molar refractivity (Wildman–Crippen MR) is 240 cm³/mol. The molecular formula is C52H52F6N2O8. The van der Waals surface area contributed by atoms with Crippen LogP contribution in [-0.2, 0) is 22.8 Å². The van der Waals surface area contributed by atoms with Gasteiger partial charge in [0.1, 0.15) is 60.3 Å². The molecule has 0 radical (unpaired) electrons. The number of carbonyl (C=O) groups is 2. The van der Waals surface area contributed by atoms with Crippen molar-refractivity contribution in [3.05, 3.63) is 160 Å². The van der Waals surface area contributed by atoms with E-state index >= 15 is 0 Å². The molecule has 0 amide bonds. The molecular weight excluding hydrogens is 895 g/mol. The molecule has 10 nitrogen and oxygen atoms in total. The lowest BCUT2D eigenvalue weighted by atomic mass is 9.81. The number of nitrogens with zero attached hydrogens (tertiary/aromatic N) is 2. The Morgan fingerprint density at radius 3 is 1.53 bits per heavy atom. The summed E-state index contributed by atoms with van der Waals surface area (Å²) in [5.74, 6) is 0.206. The number of halogens is 6. The minimum absolute atomic E-state index is 0.0278. The minimum atomic E-state index is -4.77. The summed E-state index contributed by atoms with van der Waals surface area (Å²) >= 11 is 0. The van der Waals surface area contributed by atoms with Gasteiger partial charge in [0.15, 0.2) is 0 Å². The van der Waals surface area contributed by atoms with Crippen molar-refractivity contribution in [2.45, 2.75) is 111 Å². The second-order valence-corrected chi connectivity index (χ2v) is 17.5. The third kappa shape index (κ3) is 14.3. The molecule has 7 rings (SSSR count). The maximum Gasteiger partial charge on any atom is 0.573 e. The summed E-state index contributed by atoms with van der Waals surface area (Å²) in [7, 11) is 0. The van der Waals surface area contributed by atoms with Gasteiger partial charge in [-0.15, -0.1) is 26.3 Å². The van der Waals surface area contributed by atoms with Crippen LogP contribution in [0.5, 0.6) is 23.0 Å². The van der Waals surface area contributed by atoms with Gasteiger partial charge in [-0.1, -0.05) is 86.5 Å². The molecule has 2 aromatic heterocycles. The van der Waals surface area contributed by atoms with Crippen molar-refractivity contribution < 1.29 is 63.9 Å². The van der Waals surface area contributed by atoms with Gasteiger partial charge in [0.05, 0.1) is 11.4 Å². The zero-order valence-electron chi connectivity index (χ0n) is 38.4. The van der Waals surface area contributed by atoms with Crippen LogP contribution in [0.2, 0.25) is 0 Å². The van der Waals surface area contributed by atoms with Crippen LogP contribution in [0.1, 0.15) is 130 Å². The molecule has 0 N–H and O–H groups in total. The van der Waals surface area contributed by atoms with Crippen molar-refractivity contribution in [2.75, 3.05) is 0 Å². The van der Waals surface area contributed by atoms with E-state index in [1.165, 1.54) is 38.5 Å². The standard InChI is InChI=1S/C28H28F3NO4.C24H24F3NO4/c1-18(33)15-22(25-12-14-35-32-25)20-7-9-21(10-8-20)34-17-19-6-11-26(36-28(29,30)31)23(16-19)24-5-4-13-27(24,2)3;1-15(2)20-9-4-17(13-23(20)32-24(25,26)27)14-30-19-7-5-18(6-8-19)21(12-16(3)29)22-10-11-31-28-22/h5-12,14,16,22H,4,13,15,17H2,1-3H3;4-11,13,15,21H,12,14H2,1-3H3/t22-;21-/m00/s1. The molecule has 16 heteroatoms. The van der Waals surface area contributed by atoms with Gasteiger partial charge in [-0.3, -0.25) is 9.59 Å². The van der Waals surface area contributed by atoms with E-state index in [2.05, 4.69) is 19.8 Å². The third-order valence-corrected chi connectivity index (χ3v) is 11.3. The Morgan fingerprint density at radius 1 is 0.647 bits per heavy atom. The number of carbonyl (C=O) groups excluding carboxylic acids is 2. The first-order valence-corrected chi connectivity index (χ1v) is 21.9. The second-order valence-electron chi connectivity index (χ2n) is 17.5. The van der Waals surface area contributed by atoms with Gasteiger partial charge < -0.3 is 28.0 Å². The van der Waals surface area contributed by atoms with Gasteiger partial charge in [0.25, 0.3) is 0 Å². The Balaban J connectivity index is 0.000000226. The number of benzene rings is 4. The molecule has 2 heterocycles. The van der Waals surface area contributed by atoms with E-state index in [1.54, 1.807) is 74.5 Å². The number of Topliss-reactive ketones (excluding diaryl/α,β-unsaturated/α-hetero) is 2. The minimum Gasteiger partial charge on any atom is -0.489 e. The fourth-order valence-electron chi connectivity index (χ4n) is 8.00. The van der Waals surface area contributed by atoms with Crippen molar-refractivity contribution in [1.29, 1.82) is 0 Å². The molecule has 360 valence electrons. The number of aromatic nitrogens is 2. The number of ketones is 2. The van der Waals surface area contributed by atoms with Crippen LogP contribution in [0.3, 0.4) is 0 Å². The normalized spacial score (nSPS) is 14.3. The molecule has 1 aliphatic carbocycles. The fraction of sp³-hybridized carbons (Fsp3) is 0.346. The van der Waals surface area contributed by atoms with E-state index < -0.39 is 12.7 Å². The van der Waals surface area contributed by atoms with E-state index in [0.29, 0.717) is 46.0 Å². The first kappa shape index (κ1) is 50.6. The monoisotopic (exact) mass is 946 g/mol. The van der Waals surface area contributed by atoms with E-state index in [9.17, 15) is 35.9 Å². The largest absolute Gasteiger partial charge is 0.573 e. The highest BCUT2D eigenvalue weighted by Crippen LogP contribution is 2.47. The van der Waals surface area contributed by atoms with Crippen LogP contribution in [0.4, 0.5) is 26.3 Å². The Hall–Kier alpha value is -6.84. The fourth-order valence-corrected chi connectivity index (χ4v) is 8.00. The molecule has 0 spiro atoms. The summed E-state index contributed by atoms with van der Waals surface area (Å²) in [6.07, 6.45) is -2.37. The number of hydrogen-bond acceptors (Lipinski definition) is 10. The SMILES string of the molecule is CC(=O)C[C@@H](c1ccc(OCc2ccc(C(C)C)c(OC(F)(F)F)c2)cc1)c1ccon1.CC(=O)C[C@@H](c1ccc(OCc2ccc(OC(F)(F)F)c(C3=CCCC3(C)C)c2)cc1)c1ccon1. The highest BCUT2D eigenvalue weighted by molar-refractivity contribution is 5.78. The summed E-state index contributed by atoms with van der Waals surface area (Å²) in [5.41, 5.74) is 5.90. The molecule has 6 aromatic rings. The molecule has 0 bridgehead atoms. The Morgan fingerprint density at radius 2 is 1.12 bits per heavy atom. The van der Waals surface area contributed by atoms with Gasteiger partial charge in [0.2, 0.25) is 0 Å². The van der Waals surface area contributed by atoms with Gasteiger partial charge in [-0.05, 0) is 114 Å². The Labute approximate surface area is 390 Å². The summed E-state index contributed by atoms with van der Waals surface area (Å²) in [5, 5.41) is 7.93. The molecule has 0 fully saturated rings. The molecule has 0 unspecified atom stereocenters. The van der Waals surface area contributed by atoms with Crippen molar-refractivity contribution in [3.63, 3.8) is 0 Å². The number of allylic oxidation sites excluding steroid dienone is 2. The van der Waals surface area contributed by atoms with Gasteiger partial charge in [-0.2, -0.15) is 0 Å². The van der Waals surface area contributed by atoms with Crippen LogP contribution in [0.25, 0.3) is 5.57 Å². The smallest absolute Gasteiger partial charge is 0.489 e. The molecule has 0 saturated heterocycles. The molecule has 1 aliphatic rings. The summed E-state index contributed by atoms with van der Waals surface area (Å²) in [6, 6.07) is 27.3. The number of alkyl halides is 6. The summed E-state index contributed by atoms with van der Waals surface area (Å²) in [4.78, 5) is 23.4. The first-order valence-electron chi connectivity index (χ1n) is 21.9. The van der Waals surface area contributed by atoms with E-state index in [4.69, 9.17) is 18.5 Å². The van der Waals surface area contributed by atoms with E-state index in [0.717, 1.165) is 35.1 Å². The average molecular weight is 947 g/mol. The average Bonchev–Trinajstić information content (AvgIpc) is 4.07. The Kier molecular flexibility index (Phi) is 16.3. The predicted octanol–water partition coefficient (Wildman–Crippen LogP) is 13.9. The van der Waals surface area contributed by atoms with E-state index in [1.807, 2.05) is 44.2 Å².